The summed E-state index contributed by atoms with van der Waals surface area (Å²) in [6, 6.07) is 0. The highest BCUT2D eigenvalue weighted by Crippen LogP contribution is 2.21. The van der Waals surface area contributed by atoms with Gasteiger partial charge in [0.25, 0.3) is 0 Å². The molecule has 0 bridgehead atoms. The molecule has 0 aromatic carbocycles. The molecule has 0 spiro atoms. The average Bonchev–Trinajstić information content (AvgIpc) is 2.26. The maximum absolute atomic E-state index is 5.40. The van der Waals surface area contributed by atoms with Gasteiger partial charge in [-0.05, 0) is 0 Å². The lowest BCUT2D eigenvalue weighted by molar-refractivity contribution is -0.459. The van der Waals surface area contributed by atoms with Crippen molar-refractivity contribution in [1.82, 2.24) is 0 Å². The Morgan fingerprint density at radius 1 is 0.786 bits per heavy atom. The third-order valence-electron chi connectivity index (χ3n) is 1.80. The zero-order chi connectivity index (χ0) is 11.2. The van der Waals surface area contributed by atoms with Crippen LogP contribution in [0, 0.1) is 0 Å². The van der Waals surface area contributed by atoms with Crippen LogP contribution in [0.5, 0.6) is 0 Å². The molecule has 0 saturated heterocycles. The lowest BCUT2D eigenvalue weighted by atomic mass is 11.0. The van der Waals surface area contributed by atoms with Gasteiger partial charge in [-0.25, -0.2) is 0 Å². The molecule has 0 aromatic heterocycles. The molecule has 0 N–H and O–H groups in total. The summed E-state index contributed by atoms with van der Waals surface area (Å²) in [5.74, 6) is 0. The van der Waals surface area contributed by atoms with Crippen molar-refractivity contribution in [3.8, 4) is 0 Å². The van der Waals surface area contributed by atoms with Gasteiger partial charge in [-0.2, -0.15) is 0 Å². The molecule has 0 heterocycles. The Labute approximate surface area is 85.4 Å². The van der Waals surface area contributed by atoms with Gasteiger partial charge >= 0.3 is 15.0 Å². The van der Waals surface area contributed by atoms with E-state index in [1.807, 2.05) is 0 Å². The van der Waals surface area contributed by atoms with E-state index in [4.69, 9.17) is 27.5 Å². The van der Waals surface area contributed by atoms with E-state index in [0.717, 1.165) is 0 Å². The van der Waals surface area contributed by atoms with Crippen LogP contribution < -0.4 is 0 Å². The van der Waals surface area contributed by atoms with Gasteiger partial charge in [0.1, 0.15) is 0 Å². The van der Waals surface area contributed by atoms with Gasteiger partial charge in [-0.1, -0.05) is 0 Å². The average molecular weight is 226 g/mol. The van der Waals surface area contributed by atoms with Crippen molar-refractivity contribution in [3.05, 3.63) is 0 Å². The Kier molecular flexibility index (Phi) is 5.75. The Bertz CT molecular complexity index is 148. The lowest BCUT2D eigenvalue weighted by Gasteiger charge is -2.33. The van der Waals surface area contributed by atoms with E-state index in [0.29, 0.717) is 0 Å². The Hall–Kier alpha value is -0.0231. The maximum Gasteiger partial charge on any atom is 0.502 e. The van der Waals surface area contributed by atoms with E-state index in [1.165, 1.54) is 35.5 Å². The summed E-state index contributed by atoms with van der Waals surface area (Å²) in [6.45, 7) is 1.69. The van der Waals surface area contributed by atoms with Gasteiger partial charge in [0.05, 0.1) is 0 Å². The van der Waals surface area contributed by atoms with Gasteiger partial charge in [-0.3, -0.25) is 4.43 Å². The maximum atomic E-state index is 5.40. The highest BCUT2D eigenvalue weighted by molar-refractivity contribution is 6.59. The topological polar surface area (TPSA) is 55.4 Å². The highest BCUT2D eigenvalue weighted by Gasteiger charge is 2.45. The number of hydrogen-bond acceptors (Lipinski definition) is 6. The first-order valence-electron chi connectivity index (χ1n) is 3.97. The molecule has 0 aliphatic rings. The summed E-state index contributed by atoms with van der Waals surface area (Å²) >= 11 is 0. The van der Waals surface area contributed by atoms with Crippen LogP contribution in [0.2, 0.25) is 6.55 Å². The third-order valence-corrected chi connectivity index (χ3v) is 3.91. The number of ether oxygens (including phenoxy) is 3. The van der Waals surface area contributed by atoms with E-state index < -0.39 is 15.0 Å². The summed E-state index contributed by atoms with van der Waals surface area (Å²) in [5.41, 5.74) is 0. The summed E-state index contributed by atoms with van der Waals surface area (Å²) in [7, 11) is 4.39. The molecule has 0 unspecified atom stereocenters. The van der Waals surface area contributed by atoms with Crippen molar-refractivity contribution in [2.45, 2.75) is 12.7 Å². The Morgan fingerprint density at radius 3 is 1.36 bits per heavy atom. The molecule has 0 rings (SSSR count). The monoisotopic (exact) mass is 226 g/mol. The fourth-order valence-electron chi connectivity index (χ4n) is 0.769. The predicted octanol–water partition coefficient (Wildman–Crippen LogP) is 0.415. The minimum absolute atomic E-state index is 1.40. The molecule has 0 atom stereocenters. The van der Waals surface area contributed by atoms with Crippen molar-refractivity contribution in [2.75, 3.05) is 35.5 Å². The molecule has 0 aliphatic carbocycles. The van der Waals surface area contributed by atoms with Crippen LogP contribution in [0.25, 0.3) is 0 Å². The van der Waals surface area contributed by atoms with Crippen molar-refractivity contribution < 1.29 is 27.5 Å². The SMILES string of the molecule is COC(OC)(OC)O[Si](C)(OC)OC. The second-order valence-corrected chi connectivity index (χ2v) is 5.23. The standard InChI is InChI=1S/C7H18O6Si/c1-8-7(9-2,10-3)13-14(6,11-4)12-5/h1-6H3. The van der Waals surface area contributed by atoms with Crippen molar-refractivity contribution in [1.29, 1.82) is 0 Å². The molecule has 14 heavy (non-hydrogen) atoms. The van der Waals surface area contributed by atoms with Crippen molar-refractivity contribution in [3.63, 3.8) is 0 Å². The Morgan fingerprint density at radius 2 is 1.14 bits per heavy atom. The van der Waals surface area contributed by atoms with Crippen LogP contribution in [0.4, 0.5) is 0 Å². The second kappa shape index (κ2) is 5.76. The summed E-state index contributed by atoms with van der Waals surface area (Å²) in [4.78, 5) is 0. The zero-order valence-electron chi connectivity index (χ0n) is 9.45. The molecule has 7 heteroatoms. The molecular weight excluding hydrogens is 208 g/mol. The summed E-state index contributed by atoms with van der Waals surface area (Å²) < 4.78 is 30.4. The molecule has 6 nitrogen and oxygen atoms in total. The van der Waals surface area contributed by atoms with E-state index >= 15 is 0 Å². The molecule has 0 radical (unpaired) electrons. The van der Waals surface area contributed by atoms with Crippen molar-refractivity contribution >= 4 is 8.80 Å². The van der Waals surface area contributed by atoms with E-state index in [9.17, 15) is 0 Å². The number of methoxy groups -OCH3 is 3. The molecule has 0 saturated carbocycles. The van der Waals surface area contributed by atoms with Gasteiger partial charge in [0.15, 0.2) is 0 Å². The van der Waals surface area contributed by atoms with Crippen LogP contribution in [0.15, 0.2) is 0 Å². The van der Waals surface area contributed by atoms with Crippen LogP contribution >= 0.6 is 0 Å². The van der Waals surface area contributed by atoms with Crippen LogP contribution in [0.3, 0.4) is 0 Å². The second-order valence-electron chi connectivity index (χ2n) is 2.49. The zero-order valence-corrected chi connectivity index (χ0v) is 10.4. The minimum atomic E-state index is -2.77. The first-order valence-corrected chi connectivity index (χ1v) is 6.19. The fraction of sp³-hybridized carbons (Fsp3) is 1.00. The van der Waals surface area contributed by atoms with E-state index in [1.54, 1.807) is 6.55 Å². The summed E-state index contributed by atoms with van der Waals surface area (Å²) in [6.07, 6.45) is -1.58. The van der Waals surface area contributed by atoms with Crippen LogP contribution in [0.1, 0.15) is 0 Å². The molecular formula is C7H18O6Si. The first kappa shape index (κ1) is 14.0. The quantitative estimate of drug-likeness (QED) is 0.463. The summed E-state index contributed by atoms with van der Waals surface area (Å²) in [5, 5.41) is 0. The normalized spacial score (nSPS) is 13.3. The van der Waals surface area contributed by atoms with Gasteiger partial charge in [0, 0.05) is 42.1 Å². The number of hydrogen-bond donors (Lipinski definition) is 0. The molecule has 0 fully saturated rings. The molecule has 86 valence electrons. The van der Waals surface area contributed by atoms with Crippen molar-refractivity contribution in [2.24, 2.45) is 0 Å². The smallest absolute Gasteiger partial charge is 0.377 e. The van der Waals surface area contributed by atoms with Gasteiger partial charge in [-0.15, -0.1) is 0 Å². The first-order chi connectivity index (χ1) is 6.51. The van der Waals surface area contributed by atoms with E-state index in [2.05, 4.69) is 0 Å². The Balaban J connectivity index is 4.56. The largest absolute Gasteiger partial charge is 0.502 e. The van der Waals surface area contributed by atoms with E-state index in [-0.39, 0.29) is 0 Å². The third kappa shape index (κ3) is 3.28. The molecule has 0 amide bonds. The lowest BCUT2D eigenvalue weighted by Crippen LogP contribution is -2.52. The minimum Gasteiger partial charge on any atom is -0.377 e. The van der Waals surface area contributed by atoms with Crippen LogP contribution in [-0.2, 0) is 27.5 Å². The molecule has 0 aliphatic heterocycles. The predicted molar refractivity (Wildman–Crippen MR) is 50.5 cm³/mol. The number of rotatable bonds is 7. The molecule has 0 aromatic rings. The highest BCUT2D eigenvalue weighted by atomic mass is 28.4. The van der Waals surface area contributed by atoms with Crippen LogP contribution in [-0.4, -0.2) is 50.5 Å². The van der Waals surface area contributed by atoms with Gasteiger partial charge in [0.2, 0.25) is 0 Å². The fourth-order valence-corrected chi connectivity index (χ4v) is 1.81. The van der Waals surface area contributed by atoms with Gasteiger partial charge < -0.3 is 23.1 Å².